The predicted octanol–water partition coefficient (Wildman–Crippen LogP) is 2.46. The van der Waals surface area contributed by atoms with E-state index in [0.717, 1.165) is 13.1 Å². The molecule has 3 nitrogen and oxygen atoms in total. The van der Waals surface area contributed by atoms with Crippen molar-refractivity contribution < 1.29 is 9.13 Å². The monoisotopic (exact) mass is 300 g/mol. The number of rotatable bonds is 4. The highest BCUT2D eigenvalue weighted by molar-refractivity contribution is 6.31. The normalized spacial score (nSPS) is 22.2. The van der Waals surface area contributed by atoms with E-state index in [9.17, 15) is 4.39 Å². The van der Waals surface area contributed by atoms with Crippen LogP contribution in [0.1, 0.15) is 19.4 Å². The first-order valence-corrected chi connectivity index (χ1v) is 7.41. The fraction of sp³-hybridized carbons (Fsp3) is 0.600. The van der Waals surface area contributed by atoms with Crippen molar-refractivity contribution in [3.8, 4) is 0 Å². The third-order valence-electron chi connectivity index (χ3n) is 3.83. The van der Waals surface area contributed by atoms with Crippen LogP contribution in [0.4, 0.5) is 4.39 Å². The van der Waals surface area contributed by atoms with Crippen LogP contribution in [0.3, 0.4) is 0 Å². The van der Waals surface area contributed by atoms with Crippen molar-refractivity contribution in [1.82, 2.24) is 4.90 Å². The van der Waals surface area contributed by atoms with Gasteiger partial charge in [-0.25, -0.2) is 4.39 Å². The van der Waals surface area contributed by atoms with Gasteiger partial charge in [-0.1, -0.05) is 17.7 Å². The Hall–Kier alpha value is -0.680. The van der Waals surface area contributed by atoms with Gasteiger partial charge in [0.1, 0.15) is 5.82 Å². The molecule has 1 fully saturated rings. The zero-order valence-corrected chi connectivity index (χ0v) is 12.7. The summed E-state index contributed by atoms with van der Waals surface area (Å²) >= 11 is 6.04. The van der Waals surface area contributed by atoms with Crippen molar-refractivity contribution in [3.63, 3.8) is 0 Å². The van der Waals surface area contributed by atoms with Crippen LogP contribution in [0.25, 0.3) is 0 Å². The Morgan fingerprint density at radius 3 is 2.90 bits per heavy atom. The minimum atomic E-state index is -0.301. The highest BCUT2D eigenvalue weighted by Crippen LogP contribution is 2.22. The minimum Gasteiger partial charge on any atom is -0.374 e. The number of nitrogens with zero attached hydrogens (tertiary/aromatic N) is 1. The molecule has 0 spiro atoms. The first-order valence-electron chi connectivity index (χ1n) is 7.03. The second-order valence-corrected chi connectivity index (χ2v) is 5.97. The van der Waals surface area contributed by atoms with Crippen molar-refractivity contribution in [2.24, 2.45) is 5.73 Å². The van der Waals surface area contributed by atoms with Crippen LogP contribution in [-0.2, 0) is 11.2 Å². The summed E-state index contributed by atoms with van der Waals surface area (Å²) in [5.41, 5.74) is 6.68. The predicted molar refractivity (Wildman–Crippen MR) is 79.5 cm³/mol. The van der Waals surface area contributed by atoms with Crippen LogP contribution < -0.4 is 5.73 Å². The Balaban J connectivity index is 2.02. The summed E-state index contributed by atoms with van der Waals surface area (Å²) in [6, 6.07) is 4.91. The zero-order chi connectivity index (χ0) is 14.7. The summed E-state index contributed by atoms with van der Waals surface area (Å²) in [6.07, 6.45) is 0.309. The summed E-state index contributed by atoms with van der Waals surface area (Å²) in [7, 11) is 0. The number of benzene rings is 1. The van der Waals surface area contributed by atoms with E-state index in [2.05, 4.69) is 18.7 Å². The Morgan fingerprint density at radius 1 is 1.50 bits per heavy atom. The average Bonchev–Trinajstić information content (AvgIpc) is 2.43. The molecule has 0 aliphatic carbocycles. The summed E-state index contributed by atoms with van der Waals surface area (Å²) in [5, 5.41) is 0.428. The number of ether oxygens (including phenoxy) is 1. The highest BCUT2D eigenvalue weighted by Gasteiger charge is 2.28. The molecule has 0 saturated carbocycles. The third kappa shape index (κ3) is 3.70. The summed E-state index contributed by atoms with van der Waals surface area (Å²) < 4.78 is 19.5. The molecule has 0 radical (unpaired) electrons. The molecule has 0 bridgehead atoms. The van der Waals surface area contributed by atoms with Crippen molar-refractivity contribution in [2.45, 2.75) is 38.5 Å². The van der Waals surface area contributed by atoms with Crippen LogP contribution >= 0.6 is 11.6 Å². The van der Waals surface area contributed by atoms with E-state index in [0.29, 0.717) is 29.7 Å². The SMILES string of the molecule is CC(C)N1CCOC(C(N)Cc2c(F)cccc2Cl)C1. The lowest BCUT2D eigenvalue weighted by Crippen LogP contribution is -2.53. The lowest BCUT2D eigenvalue weighted by Gasteiger charge is -2.38. The zero-order valence-electron chi connectivity index (χ0n) is 12.0. The Bertz CT molecular complexity index is 435. The Morgan fingerprint density at radius 2 is 2.25 bits per heavy atom. The number of halogens is 2. The average molecular weight is 301 g/mol. The molecule has 2 unspecified atom stereocenters. The van der Waals surface area contributed by atoms with Gasteiger partial charge in [-0.3, -0.25) is 4.90 Å². The van der Waals surface area contributed by atoms with Crippen molar-refractivity contribution in [2.75, 3.05) is 19.7 Å². The molecule has 1 saturated heterocycles. The molecule has 1 aromatic carbocycles. The fourth-order valence-electron chi connectivity index (χ4n) is 2.52. The molecule has 5 heteroatoms. The molecule has 0 amide bonds. The number of hydrogen-bond donors (Lipinski definition) is 1. The molecule has 2 N–H and O–H groups in total. The molecule has 20 heavy (non-hydrogen) atoms. The van der Waals surface area contributed by atoms with Crippen molar-refractivity contribution in [1.29, 1.82) is 0 Å². The van der Waals surface area contributed by atoms with Gasteiger partial charge in [-0.15, -0.1) is 0 Å². The van der Waals surface area contributed by atoms with Gasteiger partial charge in [0.15, 0.2) is 0 Å². The van der Waals surface area contributed by atoms with Crippen LogP contribution in [0, 0.1) is 5.82 Å². The van der Waals surface area contributed by atoms with Gasteiger partial charge in [-0.2, -0.15) is 0 Å². The highest BCUT2D eigenvalue weighted by atomic mass is 35.5. The van der Waals surface area contributed by atoms with Gasteiger partial charge in [0.25, 0.3) is 0 Å². The van der Waals surface area contributed by atoms with Gasteiger partial charge >= 0.3 is 0 Å². The van der Waals surface area contributed by atoms with Gasteiger partial charge < -0.3 is 10.5 Å². The number of nitrogens with two attached hydrogens (primary N) is 1. The molecular formula is C15H22ClFN2O. The lowest BCUT2D eigenvalue weighted by molar-refractivity contribution is -0.0496. The van der Waals surface area contributed by atoms with Gasteiger partial charge in [-0.05, 0) is 32.4 Å². The topological polar surface area (TPSA) is 38.5 Å². The third-order valence-corrected chi connectivity index (χ3v) is 4.19. The summed E-state index contributed by atoms with van der Waals surface area (Å²) in [5.74, 6) is -0.301. The maximum Gasteiger partial charge on any atom is 0.127 e. The van der Waals surface area contributed by atoms with Gasteiger partial charge in [0.2, 0.25) is 0 Å². The van der Waals surface area contributed by atoms with E-state index in [1.165, 1.54) is 6.07 Å². The fourth-order valence-corrected chi connectivity index (χ4v) is 2.76. The van der Waals surface area contributed by atoms with Crippen molar-refractivity contribution >= 4 is 11.6 Å². The second-order valence-electron chi connectivity index (χ2n) is 5.57. The lowest BCUT2D eigenvalue weighted by atomic mass is 10.00. The van der Waals surface area contributed by atoms with E-state index in [1.807, 2.05) is 0 Å². The molecule has 1 aliphatic heterocycles. The number of hydrogen-bond acceptors (Lipinski definition) is 3. The van der Waals surface area contributed by atoms with E-state index in [-0.39, 0.29) is 18.0 Å². The maximum atomic E-state index is 13.8. The van der Waals surface area contributed by atoms with E-state index in [4.69, 9.17) is 22.1 Å². The molecule has 112 valence electrons. The molecule has 2 rings (SSSR count). The minimum absolute atomic E-state index is 0.0816. The summed E-state index contributed by atoms with van der Waals surface area (Å²) in [6.45, 7) is 6.68. The molecule has 1 heterocycles. The van der Waals surface area contributed by atoms with E-state index < -0.39 is 0 Å². The molecule has 1 aliphatic rings. The maximum absolute atomic E-state index is 13.8. The van der Waals surface area contributed by atoms with Crippen LogP contribution in [0.5, 0.6) is 0 Å². The quantitative estimate of drug-likeness (QED) is 0.928. The van der Waals surface area contributed by atoms with Gasteiger partial charge in [0, 0.05) is 35.8 Å². The molecular weight excluding hydrogens is 279 g/mol. The first kappa shape index (κ1) is 15.7. The van der Waals surface area contributed by atoms with Gasteiger partial charge in [0.05, 0.1) is 12.7 Å². The largest absolute Gasteiger partial charge is 0.374 e. The van der Waals surface area contributed by atoms with E-state index >= 15 is 0 Å². The first-order chi connectivity index (χ1) is 9.49. The standard InChI is InChI=1S/C15H22ClFN2O/c1-10(2)19-6-7-20-15(9-19)14(18)8-11-12(16)4-3-5-13(11)17/h3-5,10,14-15H,6-9,18H2,1-2H3. The number of morpholine rings is 1. The molecule has 1 aromatic rings. The molecule has 2 atom stereocenters. The molecule has 0 aromatic heterocycles. The van der Waals surface area contributed by atoms with Crippen LogP contribution in [0.2, 0.25) is 5.02 Å². The smallest absolute Gasteiger partial charge is 0.127 e. The second kappa shape index (κ2) is 6.85. The Kier molecular flexibility index (Phi) is 5.38. The summed E-state index contributed by atoms with van der Waals surface area (Å²) in [4.78, 5) is 2.33. The Labute approximate surface area is 124 Å². The van der Waals surface area contributed by atoms with Crippen LogP contribution in [0.15, 0.2) is 18.2 Å². The van der Waals surface area contributed by atoms with E-state index in [1.54, 1.807) is 12.1 Å². The van der Waals surface area contributed by atoms with Crippen molar-refractivity contribution in [3.05, 3.63) is 34.6 Å². The van der Waals surface area contributed by atoms with Crippen LogP contribution in [-0.4, -0.2) is 42.8 Å².